The largest absolute Gasteiger partial charge is 0.490 e. The molecule has 0 aliphatic rings. The highest BCUT2D eigenvalue weighted by molar-refractivity contribution is 5.71. The molecule has 0 aliphatic heterocycles. The van der Waals surface area contributed by atoms with Crippen LogP contribution in [0.4, 0.5) is 4.79 Å². The Bertz CT molecular complexity index is 522. The summed E-state index contributed by atoms with van der Waals surface area (Å²) in [5, 5.41) is 2.50. The highest BCUT2D eigenvalue weighted by Gasteiger charge is 2.15. The lowest BCUT2D eigenvalue weighted by molar-refractivity contribution is -0.144. The predicted octanol–water partition coefficient (Wildman–Crippen LogP) is 2.83. The molecule has 0 aromatic heterocycles. The maximum Gasteiger partial charge on any atom is 0.407 e. The third-order valence-corrected chi connectivity index (χ3v) is 2.69. The van der Waals surface area contributed by atoms with Crippen molar-refractivity contribution in [1.29, 1.82) is 0 Å². The van der Waals surface area contributed by atoms with Crippen molar-refractivity contribution in [1.82, 2.24) is 5.32 Å². The van der Waals surface area contributed by atoms with Crippen molar-refractivity contribution < 1.29 is 23.8 Å². The van der Waals surface area contributed by atoms with Gasteiger partial charge in [0.2, 0.25) is 0 Å². The van der Waals surface area contributed by atoms with E-state index in [2.05, 4.69) is 5.32 Å². The number of hydrogen-bond acceptors (Lipinski definition) is 5. The molecule has 128 valence electrons. The number of alkyl carbamates (subject to hydrolysis) is 1. The molecule has 1 aromatic carbocycles. The van der Waals surface area contributed by atoms with Crippen LogP contribution in [0.25, 0.3) is 0 Å². The van der Waals surface area contributed by atoms with Crippen molar-refractivity contribution in [3.63, 3.8) is 0 Å². The number of aryl methyl sites for hydroxylation is 1. The lowest BCUT2D eigenvalue weighted by atomic mass is 10.2. The predicted molar refractivity (Wildman–Crippen MR) is 86.5 cm³/mol. The molecule has 6 nitrogen and oxygen atoms in total. The molecule has 23 heavy (non-hydrogen) atoms. The van der Waals surface area contributed by atoms with E-state index in [-0.39, 0.29) is 26.2 Å². The van der Waals surface area contributed by atoms with E-state index in [0.717, 1.165) is 11.3 Å². The summed E-state index contributed by atoms with van der Waals surface area (Å²) in [4.78, 5) is 22.9. The minimum absolute atomic E-state index is 0.0869. The van der Waals surface area contributed by atoms with Gasteiger partial charge in [0.15, 0.2) is 0 Å². The SMILES string of the molecule is Cc1ccccc1OCCOC(=O)CCNC(=O)OC(C)(C)C. The van der Waals surface area contributed by atoms with Crippen molar-refractivity contribution >= 4 is 12.1 Å². The molecule has 1 aromatic rings. The summed E-state index contributed by atoms with van der Waals surface area (Å²) >= 11 is 0. The van der Waals surface area contributed by atoms with E-state index in [1.807, 2.05) is 31.2 Å². The lowest BCUT2D eigenvalue weighted by Gasteiger charge is -2.19. The highest BCUT2D eigenvalue weighted by Crippen LogP contribution is 2.15. The molecule has 0 radical (unpaired) electrons. The molecule has 0 atom stereocenters. The van der Waals surface area contributed by atoms with Crippen LogP contribution >= 0.6 is 0 Å². The summed E-state index contributed by atoms with van der Waals surface area (Å²) in [5.74, 6) is 0.379. The van der Waals surface area contributed by atoms with Gasteiger partial charge in [0, 0.05) is 6.54 Å². The number of carbonyl (C=O) groups is 2. The molecular formula is C17H25NO5. The van der Waals surface area contributed by atoms with Crippen molar-refractivity contribution in [2.45, 2.75) is 39.7 Å². The van der Waals surface area contributed by atoms with Gasteiger partial charge in [-0.25, -0.2) is 4.79 Å². The first-order valence-electron chi connectivity index (χ1n) is 7.59. The van der Waals surface area contributed by atoms with E-state index >= 15 is 0 Å². The van der Waals surface area contributed by atoms with Gasteiger partial charge in [-0.1, -0.05) is 18.2 Å². The standard InChI is InChI=1S/C17H25NO5/c1-13-7-5-6-8-14(13)21-11-12-22-15(19)9-10-18-16(20)23-17(2,3)4/h5-8H,9-12H2,1-4H3,(H,18,20). The fourth-order valence-electron chi connectivity index (χ4n) is 1.68. The van der Waals surface area contributed by atoms with E-state index < -0.39 is 17.7 Å². The maximum absolute atomic E-state index is 11.5. The Morgan fingerprint density at radius 1 is 1.13 bits per heavy atom. The molecule has 1 N–H and O–H groups in total. The number of ether oxygens (including phenoxy) is 3. The molecule has 0 aliphatic carbocycles. The van der Waals surface area contributed by atoms with E-state index in [1.165, 1.54) is 0 Å². The molecular weight excluding hydrogens is 298 g/mol. The molecule has 0 unspecified atom stereocenters. The zero-order chi connectivity index (χ0) is 17.3. The molecule has 0 heterocycles. The second-order valence-electron chi connectivity index (χ2n) is 6.01. The Kier molecular flexibility index (Phi) is 7.38. The van der Waals surface area contributed by atoms with Crippen LogP contribution < -0.4 is 10.1 Å². The first-order valence-corrected chi connectivity index (χ1v) is 7.59. The number of rotatable bonds is 7. The second-order valence-corrected chi connectivity index (χ2v) is 6.01. The van der Waals surface area contributed by atoms with E-state index in [0.29, 0.717) is 0 Å². The zero-order valence-corrected chi connectivity index (χ0v) is 14.2. The van der Waals surface area contributed by atoms with E-state index in [4.69, 9.17) is 14.2 Å². The summed E-state index contributed by atoms with van der Waals surface area (Å²) in [6, 6.07) is 7.63. The average Bonchev–Trinajstić information content (AvgIpc) is 2.43. The number of para-hydroxylation sites is 1. The van der Waals surface area contributed by atoms with Crippen LogP contribution in [0.2, 0.25) is 0 Å². The van der Waals surface area contributed by atoms with Crippen LogP contribution in [0.3, 0.4) is 0 Å². The average molecular weight is 323 g/mol. The third kappa shape index (κ3) is 8.70. The molecule has 1 amide bonds. The highest BCUT2D eigenvalue weighted by atomic mass is 16.6. The zero-order valence-electron chi connectivity index (χ0n) is 14.2. The van der Waals surface area contributed by atoms with Crippen LogP contribution in [-0.4, -0.2) is 37.4 Å². The number of hydrogen-bond donors (Lipinski definition) is 1. The van der Waals surface area contributed by atoms with Gasteiger partial charge in [-0.15, -0.1) is 0 Å². The summed E-state index contributed by atoms with van der Waals surface area (Å²) in [6.45, 7) is 7.89. The summed E-state index contributed by atoms with van der Waals surface area (Å²) in [6.07, 6.45) is -0.461. The lowest BCUT2D eigenvalue weighted by Crippen LogP contribution is -2.33. The molecule has 0 bridgehead atoms. The summed E-state index contributed by atoms with van der Waals surface area (Å²) in [5.41, 5.74) is 0.470. The molecule has 0 fully saturated rings. The normalized spacial score (nSPS) is 10.8. The first kappa shape index (κ1) is 18.8. The molecule has 1 rings (SSSR count). The van der Waals surface area contributed by atoms with E-state index in [9.17, 15) is 9.59 Å². The van der Waals surface area contributed by atoms with Crippen molar-refractivity contribution in [2.24, 2.45) is 0 Å². The van der Waals surface area contributed by atoms with Gasteiger partial charge in [-0.2, -0.15) is 0 Å². The van der Waals surface area contributed by atoms with Gasteiger partial charge in [-0.3, -0.25) is 4.79 Å². The number of benzene rings is 1. The number of nitrogens with one attached hydrogen (secondary N) is 1. The Balaban J connectivity index is 2.11. The van der Waals surface area contributed by atoms with Crippen molar-refractivity contribution in [3.05, 3.63) is 29.8 Å². The van der Waals surface area contributed by atoms with Gasteiger partial charge in [0.25, 0.3) is 0 Å². The minimum Gasteiger partial charge on any atom is -0.490 e. The summed E-state index contributed by atoms with van der Waals surface area (Å²) < 4.78 is 15.6. The minimum atomic E-state index is -0.558. The maximum atomic E-state index is 11.5. The van der Waals surface area contributed by atoms with E-state index in [1.54, 1.807) is 20.8 Å². The fourth-order valence-corrected chi connectivity index (χ4v) is 1.68. The monoisotopic (exact) mass is 323 g/mol. The van der Waals surface area contributed by atoms with Gasteiger partial charge in [0.05, 0.1) is 6.42 Å². The Morgan fingerprint density at radius 3 is 2.48 bits per heavy atom. The van der Waals surface area contributed by atoms with Crippen LogP contribution in [-0.2, 0) is 14.3 Å². The first-order chi connectivity index (χ1) is 10.8. The summed E-state index contributed by atoms with van der Waals surface area (Å²) in [7, 11) is 0. The van der Waals surface area contributed by atoms with Gasteiger partial charge in [0.1, 0.15) is 24.6 Å². The number of carbonyl (C=O) groups excluding carboxylic acids is 2. The van der Waals surface area contributed by atoms with Gasteiger partial charge >= 0.3 is 12.1 Å². The Morgan fingerprint density at radius 2 is 1.83 bits per heavy atom. The molecule has 0 saturated heterocycles. The third-order valence-electron chi connectivity index (χ3n) is 2.69. The van der Waals surface area contributed by atoms with Gasteiger partial charge in [-0.05, 0) is 39.3 Å². The molecule has 0 saturated carbocycles. The van der Waals surface area contributed by atoms with Crippen molar-refractivity contribution in [2.75, 3.05) is 19.8 Å². The van der Waals surface area contributed by atoms with Gasteiger partial charge < -0.3 is 19.5 Å². The Hall–Kier alpha value is -2.24. The fraction of sp³-hybridized carbons (Fsp3) is 0.529. The van der Waals surface area contributed by atoms with Crippen molar-refractivity contribution in [3.8, 4) is 5.75 Å². The van der Waals surface area contributed by atoms with Crippen LogP contribution in [0.15, 0.2) is 24.3 Å². The smallest absolute Gasteiger partial charge is 0.407 e. The molecule has 6 heteroatoms. The topological polar surface area (TPSA) is 73.9 Å². The van der Waals surface area contributed by atoms with Crippen LogP contribution in [0.1, 0.15) is 32.8 Å². The molecule has 0 spiro atoms. The van der Waals surface area contributed by atoms with Crippen LogP contribution in [0.5, 0.6) is 5.75 Å². The van der Waals surface area contributed by atoms with Crippen LogP contribution in [0, 0.1) is 6.92 Å². The quantitative estimate of drug-likeness (QED) is 0.617. The number of esters is 1. The second kappa shape index (κ2) is 9.02. The Labute approximate surface area is 137 Å². The number of amides is 1.